The number of rotatable bonds is 4. The van der Waals surface area contributed by atoms with Crippen molar-refractivity contribution >= 4 is 22.5 Å². The summed E-state index contributed by atoms with van der Waals surface area (Å²) in [6.07, 6.45) is -4.07. The zero-order valence-electron chi connectivity index (χ0n) is 14.6. The fraction of sp³-hybridized carbons (Fsp3) is 0.167. The van der Waals surface area contributed by atoms with Crippen LogP contribution in [0.15, 0.2) is 42.6 Å². The fourth-order valence-corrected chi connectivity index (χ4v) is 2.87. The van der Waals surface area contributed by atoms with Gasteiger partial charge in [0.1, 0.15) is 11.5 Å². The maximum atomic E-state index is 13.1. The summed E-state index contributed by atoms with van der Waals surface area (Å²) in [6.45, 7) is 0. The van der Waals surface area contributed by atoms with Gasteiger partial charge in [0.05, 0.1) is 30.0 Å². The lowest BCUT2D eigenvalue weighted by atomic mass is 10.0. The number of nitro groups is 1. The highest BCUT2D eigenvalue weighted by Gasteiger charge is 2.41. The minimum Gasteiger partial charge on any atom is -0.497 e. The van der Waals surface area contributed by atoms with Crippen LogP contribution in [0.25, 0.3) is 22.0 Å². The molecular formula is C18H13F3N2O5. The van der Waals surface area contributed by atoms with Crippen molar-refractivity contribution in [3.05, 3.63) is 52.7 Å². The molecule has 0 aliphatic rings. The molecule has 0 saturated carbocycles. The summed E-state index contributed by atoms with van der Waals surface area (Å²) >= 11 is 0. The van der Waals surface area contributed by atoms with Gasteiger partial charge in [-0.2, -0.15) is 13.2 Å². The number of nitrogens with zero attached hydrogens (tertiary/aromatic N) is 2. The van der Waals surface area contributed by atoms with Crippen LogP contribution in [0.5, 0.6) is 11.5 Å². The molecule has 7 nitrogen and oxygen atoms in total. The van der Waals surface area contributed by atoms with E-state index in [1.807, 2.05) is 0 Å². The lowest BCUT2D eigenvalue weighted by Crippen LogP contribution is -2.28. The van der Waals surface area contributed by atoms with E-state index in [0.717, 1.165) is 6.20 Å². The molecular weight excluding hydrogens is 381 g/mol. The number of methoxy groups -OCH3 is 2. The van der Waals surface area contributed by atoms with Crippen LogP contribution in [0.3, 0.4) is 0 Å². The molecule has 3 aromatic rings. The van der Waals surface area contributed by atoms with Crippen LogP contribution in [-0.4, -0.2) is 35.8 Å². The molecule has 3 rings (SSSR count). The number of fused-ring (bicyclic) bond motifs is 1. The average Bonchev–Trinajstić information content (AvgIpc) is 3.05. The van der Waals surface area contributed by atoms with Crippen molar-refractivity contribution in [2.45, 2.75) is 6.18 Å². The van der Waals surface area contributed by atoms with Crippen molar-refractivity contribution in [3.63, 3.8) is 0 Å². The molecule has 0 amide bonds. The number of carbonyl (C=O) groups is 1. The molecule has 0 fully saturated rings. The second-order valence-corrected chi connectivity index (χ2v) is 5.74. The zero-order chi connectivity index (χ0) is 20.6. The number of aromatic nitrogens is 1. The summed E-state index contributed by atoms with van der Waals surface area (Å²) < 4.78 is 50.0. The third kappa shape index (κ3) is 3.24. The quantitative estimate of drug-likeness (QED) is 0.483. The molecule has 10 heteroatoms. The highest BCUT2D eigenvalue weighted by atomic mass is 19.4. The molecule has 1 aromatic heterocycles. The van der Waals surface area contributed by atoms with E-state index in [1.165, 1.54) is 50.6 Å². The zero-order valence-corrected chi connectivity index (χ0v) is 14.6. The van der Waals surface area contributed by atoms with E-state index in [-0.39, 0.29) is 33.7 Å². The maximum Gasteiger partial charge on any atom is 0.472 e. The number of alkyl halides is 3. The Morgan fingerprint density at radius 3 is 2.25 bits per heavy atom. The number of hydrogen-bond acceptors (Lipinski definition) is 5. The number of carbonyl (C=O) groups excluding carboxylic acids is 1. The number of nitro benzene ring substituents is 1. The standard InChI is InChI=1S/C18H13F3N2O5/c1-27-12-7-14-16(15(8-12)28-2)13(9-22(14)17(24)18(19,20)21)10-3-5-11(6-4-10)23(25)26/h3-9H,1-2H3. The Morgan fingerprint density at radius 1 is 1.11 bits per heavy atom. The normalized spacial score (nSPS) is 11.5. The SMILES string of the molecule is COc1cc(OC)c2c(-c3ccc([N+](=O)[O-])cc3)cn(C(=O)C(F)(F)F)c2c1. The van der Waals surface area contributed by atoms with Gasteiger partial charge in [-0.15, -0.1) is 0 Å². The van der Waals surface area contributed by atoms with E-state index in [0.29, 0.717) is 10.1 Å². The Bertz CT molecular complexity index is 1070. The third-order valence-electron chi connectivity index (χ3n) is 4.15. The summed E-state index contributed by atoms with van der Waals surface area (Å²) in [4.78, 5) is 22.2. The first-order chi connectivity index (χ1) is 13.2. The smallest absolute Gasteiger partial charge is 0.472 e. The first-order valence-corrected chi connectivity index (χ1v) is 7.80. The van der Waals surface area contributed by atoms with E-state index in [2.05, 4.69) is 0 Å². The second-order valence-electron chi connectivity index (χ2n) is 5.74. The Balaban J connectivity index is 2.33. The van der Waals surface area contributed by atoms with E-state index in [1.54, 1.807) is 0 Å². The third-order valence-corrected chi connectivity index (χ3v) is 4.15. The van der Waals surface area contributed by atoms with Gasteiger partial charge in [0, 0.05) is 36.0 Å². The number of ether oxygens (including phenoxy) is 2. The molecule has 0 aliphatic carbocycles. The van der Waals surface area contributed by atoms with Gasteiger partial charge >= 0.3 is 12.1 Å². The van der Waals surface area contributed by atoms with Gasteiger partial charge in [0.2, 0.25) is 0 Å². The largest absolute Gasteiger partial charge is 0.497 e. The van der Waals surface area contributed by atoms with Gasteiger partial charge in [-0.25, -0.2) is 0 Å². The number of non-ortho nitro benzene ring substituents is 1. The first-order valence-electron chi connectivity index (χ1n) is 7.80. The number of halogens is 3. The van der Waals surface area contributed by atoms with Crippen LogP contribution >= 0.6 is 0 Å². The Kier molecular flexibility index (Phi) is 4.72. The van der Waals surface area contributed by atoms with Crippen molar-refractivity contribution in [1.29, 1.82) is 0 Å². The molecule has 0 atom stereocenters. The summed E-state index contributed by atoms with van der Waals surface area (Å²) in [7, 11) is 2.66. The highest BCUT2D eigenvalue weighted by molar-refractivity contribution is 6.06. The van der Waals surface area contributed by atoms with Crippen LogP contribution in [-0.2, 0) is 0 Å². The van der Waals surface area contributed by atoms with Gasteiger partial charge in [-0.1, -0.05) is 0 Å². The van der Waals surface area contributed by atoms with Gasteiger partial charge in [-0.3, -0.25) is 19.5 Å². The molecule has 0 unspecified atom stereocenters. The molecule has 1 heterocycles. The van der Waals surface area contributed by atoms with Gasteiger partial charge < -0.3 is 9.47 Å². The Labute approximate surface area is 156 Å². The predicted molar refractivity (Wildman–Crippen MR) is 93.8 cm³/mol. The highest BCUT2D eigenvalue weighted by Crippen LogP contribution is 2.41. The first kappa shape index (κ1) is 19.2. The van der Waals surface area contributed by atoms with Crippen molar-refractivity contribution in [1.82, 2.24) is 4.57 Å². The molecule has 0 N–H and O–H groups in total. The summed E-state index contributed by atoms with van der Waals surface area (Å²) in [5.41, 5.74) is 0.397. The Morgan fingerprint density at radius 2 is 1.75 bits per heavy atom. The molecule has 0 radical (unpaired) electrons. The number of hydrogen-bond donors (Lipinski definition) is 0. The average molecular weight is 394 g/mol. The van der Waals surface area contributed by atoms with Crippen molar-refractivity contribution < 1.29 is 32.4 Å². The van der Waals surface area contributed by atoms with E-state index in [9.17, 15) is 28.1 Å². The Hall–Kier alpha value is -3.56. The molecule has 0 bridgehead atoms. The summed E-state index contributed by atoms with van der Waals surface area (Å²) in [5, 5.41) is 11.1. The van der Waals surface area contributed by atoms with Crippen LogP contribution in [0, 0.1) is 10.1 Å². The van der Waals surface area contributed by atoms with Crippen LogP contribution in [0.4, 0.5) is 18.9 Å². The maximum absolute atomic E-state index is 13.1. The fourth-order valence-electron chi connectivity index (χ4n) is 2.87. The van der Waals surface area contributed by atoms with Crippen molar-refractivity contribution in [3.8, 4) is 22.6 Å². The molecule has 0 spiro atoms. The van der Waals surface area contributed by atoms with E-state index < -0.39 is 17.0 Å². The monoisotopic (exact) mass is 394 g/mol. The molecule has 2 aromatic carbocycles. The van der Waals surface area contributed by atoms with Gasteiger partial charge in [-0.05, 0) is 17.7 Å². The van der Waals surface area contributed by atoms with Crippen LogP contribution in [0.1, 0.15) is 4.79 Å². The van der Waals surface area contributed by atoms with E-state index in [4.69, 9.17) is 9.47 Å². The van der Waals surface area contributed by atoms with Crippen LogP contribution < -0.4 is 9.47 Å². The van der Waals surface area contributed by atoms with Crippen molar-refractivity contribution in [2.75, 3.05) is 14.2 Å². The molecule has 0 saturated heterocycles. The summed E-state index contributed by atoms with van der Waals surface area (Å²) in [6, 6.07) is 7.98. The molecule has 28 heavy (non-hydrogen) atoms. The lowest BCUT2D eigenvalue weighted by molar-refractivity contribution is -0.384. The molecule has 146 valence electrons. The van der Waals surface area contributed by atoms with Gasteiger partial charge in [0.25, 0.3) is 5.69 Å². The van der Waals surface area contributed by atoms with Crippen molar-refractivity contribution in [2.24, 2.45) is 0 Å². The number of benzene rings is 2. The minimum absolute atomic E-state index is 0.0631. The topological polar surface area (TPSA) is 83.6 Å². The van der Waals surface area contributed by atoms with Crippen LogP contribution in [0.2, 0.25) is 0 Å². The second kappa shape index (κ2) is 6.87. The molecule has 0 aliphatic heterocycles. The minimum atomic E-state index is -5.10. The lowest BCUT2D eigenvalue weighted by Gasteiger charge is -2.10. The van der Waals surface area contributed by atoms with E-state index >= 15 is 0 Å². The summed E-state index contributed by atoms with van der Waals surface area (Å²) in [5.74, 6) is -1.69. The van der Waals surface area contributed by atoms with Gasteiger partial charge in [0.15, 0.2) is 0 Å². The predicted octanol–water partition coefficient (Wildman–Crippen LogP) is 4.44.